The van der Waals surface area contributed by atoms with Crippen LogP contribution >= 0.6 is 11.3 Å². The van der Waals surface area contributed by atoms with Crippen LogP contribution in [0.2, 0.25) is 0 Å². The maximum Gasteiger partial charge on any atom is 0.278 e. The Morgan fingerprint density at radius 3 is 2.86 bits per heavy atom. The second-order valence-electron chi connectivity index (χ2n) is 7.46. The minimum atomic E-state index is -0.0635. The van der Waals surface area contributed by atoms with E-state index in [9.17, 15) is 4.79 Å². The van der Waals surface area contributed by atoms with Crippen LogP contribution in [0.3, 0.4) is 0 Å². The first-order valence-electron chi connectivity index (χ1n) is 9.82. The third kappa shape index (κ3) is 3.56. The van der Waals surface area contributed by atoms with Gasteiger partial charge in [0.05, 0.1) is 28.6 Å². The molecule has 1 atom stereocenters. The lowest BCUT2D eigenvalue weighted by molar-refractivity contribution is 0.0908. The molecule has 0 bridgehead atoms. The van der Waals surface area contributed by atoms with Crippen molar-refractivity contribution in [2.24, 2.45) is 0 Å². The molecule has 3 heterocycles. The molecule has 28 heavy (non-hydrogen) atoms. The Labute approximate surface area is 169 Å². The number of amides is 1. The zero-order valence-corrected chi connectivity index (χ0v) is 17.7. The summed E-state index contributed by atoms with van der Waals surface area (Å²) in [5.74, 6) is -0.0635. The lowest BCUT2D eigenvalue weighted by atomic mass is 10.1. The summed E-state index contributed by atoms with van der Waals surface area (Å²) in [4.78, 5) is 20.1. The molecule has 1 aliphatic rings. The molecule has 6 nitrogen and oxygen atoms in total. The number of carbonyl (C=O) groups is 1. The first-order chi connectivity index (χ1) is 13.5. The lowest BCUT2D eigenvalue weighted by Gasteiger charge is -2.23. The highest BCUT2D eigenvalue weighted by Crippen LogP contribution is 2.33. The van der Waals surface area contributed by atoms with E-state index in [1.807, 2.05) is 19.9 Å². The molecule has 0 N–H and O–H groups in total. The minimum Gasteiger partial charge on any atom is -0.376 e. The summed E-state index contributed by atoms with van der Waals surface area (Å²) >= 11 is 1.58. The van der Waals surface area contributed by atoms with Crippen LogP contribution in [-0.4, -0.2) is 39.9 Å². The van der Waals surface area contributed by atoms with E-state index in [2.05, 4.69) is 31.1 Å². The average molecular weight is 399 g/mol. The molecule has 3 aromatic rings. The van der Waals surface area contributed by atoms with Crippen LogP contribution in [0.4, 0.5) is 5.13 Å². The van der Waals surface area contributed by atoms with Crippen molar-refractivity contribution < 1.29 is 9.53 Å². The van der Waals surface area contributed by atoms with Crippen LogP contribution in [0, 0.1) is 20.8 Å². The van der Waals surface area contributed by atoms with Gasteiger partial charge in [-0.15, -0.1) is 0 Å². The number of aromatic nitrogens is 3. The minimum absolute atomic E-state index is 0.0536. The standard InChI is InChI=1S/C21H26N4O2S/c1-5-25-18(11-15(4)23-25)20(26)24(12-16-7-6-8-27-16)21-22-17-10-13(2)9-14(3)19(17)28-21/h9-11,16H,5-8,12H2,1-4H3. The third-order valence-corrected chi connectivity index (χ3v) is 6.35. The van der Waals surface area contributed by atoms with Crippen molar-refractivity contribution in [2.75, 3.05) is 18.1 Å². The number of nitrogens with zero attached hydrogens (tertiary/aromatic N) is 4. The molecule has 0 spiro atoms. The first-order valence-corrected chi connectivity index (χ1v) is 10.6. The van der Waals surface area contributed by atoms with Gasteiger partial charge in [0.2, 0.25) is 0 Å². The fourth-order valence-corrected chi connectivity index (χ4v) is 4.84. The molecule has 0 aliphatic carbocycles. The third-order valence-electron chi connectivity index (χ3n) is 5.12. The number of thiazole rings is 1. The van der Waals surface area contributed by atoms with Gasteiger partial charge in [0, 0.05) is 13.2 Å². The summed E-state index contributed by atoms with van der Waals surface area (Å²) in [7, 11) is 0. The van der Waals surface area contributed by atoms with Gasteiger partial charge in [-0.25, -0.2) is 4.98 Å². The van der Waals surface area contributed by atoms with Gasteiger partial charge in [-0.3, -0.25) is 14.4 Å². The van der Waals surface area contributed by atoms with Gasteiger partial charge in [0.15, 0.2) is 5.13 Å². The maximum absolute atomic E-state index is 13.5. The van der Waals surface area contributed by atoms with E-state index in [1.165, 1.54) is 11.1 Å². The summed E-state index contributed by atoms with van der Waals surface area (Å²) < 4.78 is 8.73. The first kappa shape index (κ1) is 19.1. The second-order valence-corrected chi connectivity index (χ2v) is 8.44. The van der Waals surface area contributed by atoms with Crippen molar-refractivity contribution in [1.82, 2.24) is 14.8 Å². The molecule has 1 unspecified atom stereocenters. The van der Waals surface area contributed by atoms with E-state index in [-0.39, 0.29) is 12.0 Å². The Morgan fingerprint density at radius 1 is 1.32 bits per heavy atom. The van der Waals surface area contributed by atoms with Gasteiger partial charge < -0.3 is 4.74 Å². The second kappa shape index (κ2) is 7.64. The Bertz CT molecular complexity index is 1020. The van der Waals surface area contributed by atoms with Gasteiger partial charge in [-0.2, -0.15) is 5.10 Å². The largest absolute Gasteiger partial charge is 0.376 e. The molecule has 7 heteroatoms. The average Bonchev–Trinajstić information content (AvgIpc) is 3.38. The molecule has 1 aliphatic heterocycles. The van der Waals surface area contributed by atoms with Crippen molar-refractivity contribution in [1.29, 1.82) is 0 Å². The number of ether oxygens (including phenoxy) is 1. The van der Waals surface area contributed by atoms with E-state index in [0.29, 0.717) is 18.8 Å². The highest BCUT2D eigenvalue weighted by Gasteiger charge is 2.29. The quantitative estimate of drug-likeness (QED) is 0.644. The van der Waals surface area contributed by atoms with Gasteiger partial charge >= 0.3 is 0 Å². The molecule has 1 fully saturated rings. The van der Waals surface area contributed by atoms with E-state index >= 15 is 0 Å². The van der Waals surface area contributed by atoms with E-state index in [0.717, 1.165) is 40.5 Å². The molecule has 1 aromatic carbocycles. The highest BCUT2D eigenvalue weighted by atomic mass is 32.1. The molecular weight excluding hydrogens is 372 g/mol. The molecular formula is C21H26N4O2S. The maximum atomic E-state index is 13.5. The van der Waals surface area contributed by atoms with Gasteiger partial charge in [0.25, 0.3) is 5.91 Å². The van der Waals surface area contributed by atoms with E-state index < -0.39 is 0 Å². The summed E-state index contributed by atoms with van der Waals surface area (Å²) in [5, 5.41) is 5.17. The number of benzene rings is 1. The zero-order valence-electron chi connectivity index (χ0n) is 16.9. The molecule has 1 saturated heterocycles. The number of anilines is 1. The number of hydrogen-bond acceptors (Lipinski definition) is 5. The number of aryl methyl sites for hydroxylation is 4. The summed E-state index contributed by atoms with van der Waals surface area (Å²) in [6.45, 7) is 10.0. The van der Waals surface area contributed by atoms with E-state index in [1.54, 1.807) is 20.9 Å². The monoisotopic (exact) mass is 398 g/mol. The van der Waals surface area contributed by atoms with Gasteiger partial charge in [0.1, 0.15) is 5.69 Å². The Kier molecular flexibility index (Phi) is 5.21. The predicted octanol–water partition coefficient (Wildman–Crippen LogP) is 4.26. The van der Waals surface area contributed by atoms with Gasteiger partial charge in [-0.1, -0.05) is 17.4 Å². The number of fused-ring (bicyclic) bond motifs is 1. The lowest BCUT2D eigenvalue weighted by Crippen LogP contribution is -2.38. The Hall–Kier alpha value is -2.25. The van der Waals surface area contributed by atoms with E-state index in [4.69, 9.17) is 9.72 Å². The van der Waals surface area contributed by atoms with Crippen LogP contribution in [0.25, 0.3) is 10.2 Å². The normalized spacial score (nSPS) is 16.8. The molecule has 2 aromatic heterocycles. The molecule has 0 saturated carbocycles. The van der Waals surface area contributed by atoms with Crippen molar-refractivity contribution in [3.05, 3.63) is 40.7 Å². The van der Waals surface area contributed by atoms with Crippen LogP contribution in [0.5, 0.6) is 0 Å². The smallest absolute Gasteiger partial charge is 0.278 e. The van der Waals surface area contributed by atoms with Crippen LogP contribution in [0.15, 0.2) is 18.2 Å². The fraction of sp³-hybridized carbons (Fsp3) is 0.476. The number of hydrogen-bond donors (Lipinski definition) is 0. The zero-order chi connectivity index (χ0) is 19.8. The molecule has 4 rings (SSSR count). The summed E-state index contributed by atoms with van der Waals surface area (Å²) in [6.07, 6.45) is 2.06. The summed E-state index contributed by atoms with van der Waals surface area (Å²) in [6, 6.07) is 6.10. The van der Waals surface area contributed by atoms with Crippen LogP contribution < -0.4 is 4.90 Å². The predicted molar refractivity (Wildman–Crippen MR) is 112 cm³/mol. The Balaban J connectivity index is 1.76. The highest BCUT2D eigenvalue weighted by molar-refractivity contribution is 7.22. The van der Waals surface area contributed by atoms with Crippen molar-refractivity contribution in [3.63, 3.8) is 0 Å². The molecule has 148 valence electrons. The van der Waals surface area contributed by atoms with Gasteiger partial charge in [-0.05, 0) is 63.8 Å². The Morgan fingerprint density at radius 2 is 2.14 bits per heavy atom. The van der Waals surface area contributed by atoms with Crippen molar-refractivity contribution >= 4 is 32.6 Å². The van der Waals surface area contributed by atoms with Crippen LogP contribution in [-0.2, 0) is 11.3 Å². The molecule has 0 radical (unpaired) electrons. The SMILES string of the molecule is CCn1nc(C)cc1C(=O)N(CC1CCCO1)c1nc2cc(C)cc(C)c2s1. The summed E-state index contributed by atoms with van der Waals surface area (Å²) in [5.41, 5.74) is 4.77. The fourth-order valence-electron chi connectivity index (χ4n) is 3.82. The topological polar surface area (TPSA) is 60.2 Å². The number of carbonyl (C=O) groups excluding carboxylic acids is 1. The van der Waals surface area contributed by atoms with Crippen molar-refractivity contribution in [2.45, 2.75) is 53.2 Å². The van der Waals surface area contributed by atoms with Crippen molar-refractivity contribution in [3.8, 4) is 0 Å². The molecule has 1 amide bonds. The van der Waals surface area contributed by atoms with Crippen LogP contribution in [0.1, 0.15) is 47.1 Å². The number of rotatable bonds is 5.